The summed E-state index contributed by atoms with van der Waals surface area (Å²) in [5.41, 5.74) is 4.29. The molecule has 0 radical (unpaired) electrons. The quantitative estimate of drug-likeness (QED) is 0.200. The zero-order valence-electron chi connectivity index (χ0n) is 25.4. The summed E-state index contributed by atoms with van der Waals surface area (Å²) in [6.07, 6.45) is 2.36. The molecule has 0 spiro atoms. The van der Waals surface area contributed by atoms with Crippen molar-refractivity contribution in [3.05, 3.63) is 84.0 Å². The fourth-order valence-corrected chi connectivity index (χ4v) is 7.02. The molecule has 1 N–H and O–H groups in total. The molecular weight excluding hydrogens is 610 g/mol. The lowest BCUT2D eigenvalue weighted by atomic mass is 9.96. The number of ether oxygens (including phenoxy) is 1. The van der Waals surface area contributed by atoms with Crippen LogP contribution in [0.4, 0.5) is 8.78 Å². The molecule has 0 saturated carbocycles. The Labute approximate surface area is 267 Å². The van der Waals surface area contributed by atoms with Gasteiger partial charge >= 0.3 is 0 Å². The molecule has 0 bridgehead atoms. The first-order valence-corrected chi connectivity index (χ1v) is 15.6. The standard InChI is InChI=1S/C34H30F2N6O3S/c1-5-29(44)41-14-18(2)42-23(16-41)13-27(39-42)33-31(30-25(36)11-22(35)12-28(30)45-17-19(3)43)34-24(8-9-46-34)32(37-33)20-6-7-21-15-40(4)38-26(21)10-20/h5-13,15,18-19,43H,1,14,16-17H2,2-4H3. The average molecular weight is 641 g/mol. The van der Waals surface area contributed by atoms with Gasteiger partial charge in [0.1, 0.15) is 35.4 Å². The fourth-order valence-electron chi connectivity index (χ4n) is 6.07. The Kier molecular flexibility index (Phi) is 7.41. The predicted molar refractivity (Wildman–Crippen MR) is 173 cm³/mol. The van der Waals surface area contributed by atoms with Crippen LogP contribution in [0.3, 0.4) is 0 Å². The number of aromatic nitrogens is 5. The van der Waals surface area contributed by atoms with Gasteiger partial charge in [-0.05, 0) is 43.5 Å². The number of thiophene rings is 1. The van der Waals surface area contributed by atoms with Crippen molar-refractivity contribution in [3.8, 4) is 39.5 Å². The van der Waals surface area contributed by atoms with Crippen LogP contribution in [0.15, 0.2) is 66.7 Å². The van der Waals surface area contributed by atoms with Crippen LogP contribution >= 0.6 is 11.3 Å². The van der Waals surface area contributed by atoms with Crippen molar-refractivity contribution in [1.82, 2.24) is 29.4 Å². The summed E-state index contributed by atoms with van der Waals surface area (Å²) in [6, 6.07) is 11.5. The normalized spacial score (nSPS) is 15.3. The highest BCUT2D eigenvalue weighted by Gasteiger charge is 2.30. The minimum Gasteiger partial charge on any atom is -0.490 e. The SMILES string of the molecule is C=CC(=O)N1Cc2cc(-c3nc(-c4ccc5cn(C)nc5c4)c4ccsc4c3-c3c(F)cc(F)cc3OCC(C)O)nn2C(C)C1. The maximum absolute atomic E-state index is 16.0. The van der Waals surface area contributed by atoms with Gasteiger partial charge in [-0.1, -0.05) is 18.7 Å². The molecule has 5 heterocycles. The number of aliphatic hydroxyl groups is 1. The van der Waals surface area contributed by atoms with Gasteiger partial charge in [0.05, 0.1) is 41.2 Å². The second kappa shape index (κ2) is 11.5. The van der Waals surface area contributed by atoms with Gasteiger partial charge in [-0.25, -0.2) is 13.8 Å². The van der Waals surface area contributed by atoms with Crippen molar-refractivity contribution in [2.45, 2.75) is 32.5 Å². The van der Waals surface area contributed by atoms with Gasteiger partial charge in [-0.3, -0.25) is 14.2 Å². The van der Waals surface area contributed by atoms with E-state index in [0.717, 1.165) is 39.7 Å². The zero-order valence-corrected chi connectivity index (χ0v) is 26.2. The summed E-state index contributed by atoms with van der Waals surface area (Å²) < 4.78 is 40.8. The van der Waals surface area contributed by atoms with Gasteiger partial charge in [0, 0.05) is 58.5 Å². The maximum Gasteiger partial charge on any atom is 0.246 e. The van der Waals surface area contributed by atoms with E-state index in [1.165, 1.54) is 24.3 Å². The number of halogens is 2. The number of fused-ring (bicyclic) bond motifs is 3. The highest BCUT2D eigenvalue weighted by molar-refractivity contribution is 7.18. The van der Waals surface area contributed by atoms with Crippen molar-refractivity contribution in [3.63, 3.8) is 0 Å². The maximum atomic E-state index is 16.0. The number of carbonyl (C=O) groups excluding carboxylic acids is 1. The topological polar surface area (TPSA) is 98.3 Å². The van der Waals surface area contributed by atoms with Crippen LogP contribution in [0.5, 0.6) is 5.75 Å². The molecule has 1 aliphatic rings. The van der Waals surface area contributed by atoms with Crippen molar-refractivity contribution < 1.29 is 23.4 Å². The first-order chi connectivity index (χ1) is 22.1. The third kappa shape index (κ3) is 5.13. The number of pyridine rings is 1. The largest absolute Gasteiger partial charge is 0.490 e. The summed E-state index contributed by atoms with van der Waals surface area (Å²) in [4.78, 5) is 19.4. The number of carbonyl (C=O) groups is 1. The lowest BCUT2D eigenvalue weighted by Gasteiger charge is -2.31. The molecule has 46 heavy (non-hydrogen) atoms. The van der Waals surface area contributed by atoms with E-state index < -0.39 is 17.7 Å². The fraction of sp³-hybridized carbons (Fsp3) is 0.235. The minimum absolute atomic E-state index is 0.0196. The van der Waals surface area contributed by atoms with E-state index in [9.17, 15) is 14.3 Å². The van der Waals surface area contributed by atoms with Gasteiger partial charge < -0.3 is 14.7 Å². The van der Waals surface area contributed by atoms with Crippen LogP contribution in [-0.2, 0) is 18.4 Å². The molecular formula is C34H30F2N6O3S. The molecule has 0 fully saturated rings. The Balaban J connectivity index is 1.51. The van der Waals surface area contributed by atoms with Gasteiger partial charge in [-0.15, -0.1) is 11.3 Å². The zero-order chi connectivity index (χ0) is 32.3. The van der Waals surface area contributed by atoms with Crippen LogP contribution in [0.25, 0.3) is 54.8 Å². The lowest BCUT2D eigenvalue weighted by molar-refractivity contribution is -0.127. The highest BCUT2D eigenvalue weighted by Crippen LogP contribution is 2.47. The predicted octanol–water partition coefficient (Wildman–Crippen LogP) is 6.51. The Hall–Kier alpha value is -4.94. The van der Waals surface area contributed by atoms with Crippen LogP contribution in [0, 0.1) is 11.6 Å². The highest BCUT2D eigenvalue weighted by atomic mass is 32.1. The van der Waals surface area contributed by atoms with Gasteiger partial charge in [0.2, 0.25) is 5.91 Å². The molecule has 2 atom stereocenters. The molecule has 0 saturated heterocycles. The van der Waals surface area contributed by atoms with E-state index in [1.54, 1.807) is 9.58 Å². The first kappa shape index (κ1) is 29.8. The molecule has 6 aromatic rings. The molecule has 234 valence electrons. The number of hydrogen-bond acceptors (Lipinski definition) is 7. The Morgan fingerprint density at radius 3 is 2.78 bits per heavy atom. The van der Waals surface area contributed by atoms with E-state index in [-0.39, 0.29) is 29.9 Å². The molecule has 7 rings (SSSR count). The van der Waals surface area contributed by atoms with Crippen LogP contribution in [0.1, 0.15) is 25.6 Å². The summed E-state index contributed by atoms with van der Waals surface area (Å²) in [6.45, 7) is 7.72. The van der Waals surface area contributed by atoms with Crippen molar-refractivity contribution >= 4 is 38.2 Å². The number of aliphatic hydroxyl groups excluding tert-OH is 1. The minimum atomic E-state index is -0.870. The summed E-state index contributed by atoms with van der Waals surface area (Å²) in [7, 11) is 1.86. The van der Waals surface area contributed by atoms with Gasteiger partial charge in [-0.2, -0.15) is 10.2 Å². The second-order valence-corrected chi connectivity index (χ2v) is 12.5. The van der Waals surface area contributed by atoms with Crippen LogP contribution in [-0.4, -0.2) is 59.7 Å². The lowest BCUT2D eigenvalue weighted by Crippen LogP contribution is -2.39. The van der Waals surface area contributed by atoms with Gasteiger partial charge in [0.25, 0.3) is 0 Å². The number of nitrogens with zero attached hydrogens (tertiary/aromatic N) is 6. The summed E-state index contributed by atoms with van der Waals surface area (Å²) >= 11 is 1.40. The molecule has 0 aliphatic carbocycles. The summed E-state index contributed by atoms with van der Waals surface area (Å²) in [5.74, 6) is -1.88. The Morgan fingerprint density at radius 2 is 2.00 bits per heavy atom. The monoisotopic (exact) mass is 640 g/mol. The molecule has 2 unspecified atom stereocenters. The van der Waals surface area contributed by atoms with Crippen molar-refractivity contribution in [2.75, 3.05) is 13.2 Å². The second-order valence-electron chi connectivity index (χ2n) is 11.6. The first-order valence-electron chi connectivity index (χ1n) is 14.8. The van der Waals surface area contributed by atoms with Crippen molar-refractivity contribution in [1.29, 1.82) is 0 Å². The molecule has 12 heteroatoms. The average Bonchev–Trinajstić information content (AvgIpc) is 3.76. The van der Waals surface area contributed by atoms with Crippen LogP contribution in [0.2, 0.25) is 0 Å². The number of amides is 1. The molecule has 9 nitrogen and oxygen atoms in total. The van der Waals surface area contributed by atoms with E-state index in [4.69, 9.17) is 14.8 Å². The number of aryl methyl sites for hydroxylation is 1. The number of hydrogen-bond donors (Lipinski definition) is 1. The Bertz CT molecular complexity index is 2170. The molecule has 1 aliphatic heterocycles. The third-order valence-corrected chi connectivity index (χ3v) is 8.98. The Morgan fingerprint density at radius 1 is 1.17 bits per heavy atom. The molecule has 4 aromatic heterocycles. The van der Waals surface area contributed by atoms with E-state index >= 15 is 4.39 Å². The summed E-state index contributed by atoms with van der Waals surface area (Å²) in [5, 5.41) is 23.1. The van der Waals surface area contributed by atoms with Crippen molar-refractivity contribution in [2.24, 2.45) is 7.05 Å². The van der Waals surface area contributed by atoms with E-state index in [0.29, 0.717) is 40.4 Å². The van der Waals surface area contributed by atoms with E-state index in [2.05, 4.69) is 11.7 Å². The van der Waals surface area contributed by atoms with E-state index in [1.807, 2.05) is 60.6 Å². The smallest absolute Gasteiger partial charge is 0.246 e. The molecule has 1 amide bonds. The molecule has 2 aromatic carbocycles. The van der Waals surface area contributed by atoms with Gasteiger partial charge in [0.15, 0.2) is 0 Å². The van der Waals surface area contributed by atoms with Crippen LogP contribution < -0.4 is 4.74 Å². The number of rotatable bonds is 7. The third-order valence-electron chi connectivity index (χ3n) is 8.05. The number of benzene rings is 2.